The van der Waals surface area contributed by atoms with Crippen LogP contribution in [-0.4, -0.2) is 35.0 Å². The van der Waals surface area contributed by atoms with Crippen molar-refractivity contribution in [2.24, 2.45) is 5.73 Å². The minimum Gasteiger partial charge on any atom is -0.392 e. The maximum absolute atomic E-state index is 11.9. The van der Waals surface area contributed by atoms with Crippen LogP contribution in [0.25, 0.3) is 0 Å². The first-order valence-electron chi connectivity index (χ1n) is 4.47. The van der Waals surface area contributed by atoms with Gasteiger partial charge in [0, 0.05) is 12.4 Å². The molecule has 1 aromatic heterocycles. The number of thiocarbonyl (C=S) groups is 1. The zero-order chi connectivity index (χ0) is 12.3. The van der Waals surface area contributed by atoms with Gasteiger partial charge < -0.3 is 5.73 Å². The van der Waals surface area contributed by atoms with Crippen LogP contribution in [0, 0.1) is 0 Å². The van der Waals surface area contributed by atoms with Gasteiger partial charge >= 0.3 is 0 Å². The second-order valence-electron chi connectivity index (χ2n) is 3.33. The molecule has 0 spiro atoms. The van der Waals surface area contributed by atoms with Crippen molar-refractivity contribution >= 4 is 38.6 Å². The highest BCUT2D eigenvalue weighted by Gasteiger charge is 2.28. The van der Waals surface area contributed by atoms with Gasteiger partial charge in [-0.05, 0) is 6.92 Å². The number of hydrogen-bond acceptors (Lipinski definition) is 5. The molecule has 1 heterocycles. The molecule has 0 saturated carbocycles. The normalized spacial score (nSPS) is 13.9. The lowest BCUT2D eigenvalue weighted by Gasteiger charge is -2.20. The number of aromatic nitrogens is 1. The minimum atomic E-state index is -3.48. The average Bonchev–Trinajstić information content (AvgIpc) is 2.68. The molecule has 1 atom stereocenters. The first kappa shape index (κ1) is 13.5. The Hall–Kier alpha value is -0.570. The maximum atomic E-state index is 11.9. The summed E-state index contributed by atoms with van der Waals surface area (Å²) in [6, 6.07) is 0. The van der Waals surface area contributed by atoms with Gasteiger partial charge in [-0.1, -0.05) is 12.2 Å². The lowest BCUT2D eigenvalue weighted by Crippen LogP contribution is -2.40. The van der Waals surface area contributed by atoms with E-state index in [2.05, 4.69) is 4.98 Å². The summed E-state index contributed by atoms with van der Waals surface area (Å²) in [6.45, 7) is 1.72. The molecule has 0 amide bonds. The quantitative estimate of drug-likeness (QED) is 0.798. The molecule has 1 unspecified atom stereocenters. The van der Waals surface area contributed by atoms with Gasteiger partial charge in [-0.25, -0.2) is 13.4 Å². The summed E-state index contributed by atoms with van der Waals surface area (Å²) < 4.78 is 25.1. The van der Waals surface area contributed by atoms with Crippen molar-refractivity contribution in [2.75, 3.05) is 7.05 Å². The molecule has 90 valence electrons. The third-order valence-corrected chi connectivity index (χ3v) is 5.43. The molecule has 5 nitrogen and oxygen atoms in total. The highest BCUT2D eigenvalue weighted by molar-refractivity contribution is 7.92. The van der Waals surface area contributed by atoms with Crippen LogP contribution in [0.3, 0.4) is 0 Å². The Morgan fingerprint density at radius 2 is 2.38 bits per heavy atom. The second kappa shape index (κ2) is 5.17. The monoisotopic (exact) mass is 279 g/mol. The highest BCUT2D eigenvalue weighted by atomic mass is 32.2. The van der Waals surface area contributed by atoms with Crippen molar-refractivity contribution in [1.29, 1.82) is 0 Å². The zero-order valence-electron chi connectivity index (χ0n) is 8.95. The van der Waals surface area contributed by atoms with Gasteiger partial charge in [-0.15, -0.1) is 11.3 Å². The Morgan fingerprint density at radius 1 is 1.75 bits per heavy atom. The van der Waals surface area contributed by atoms with E-state index in [1.54, 1.807) is 10.9 Å². The van der Waals surface area contributed by atoms with E-state index in [9.17, 15) is 8.42 Å². The van der Waals surface area contributed by atoms with Gasteiger partial charge in [0.05, 0.1) is 22.7 Å². The standard InChI is InChI=1S/C8H13N3O2S3/c1-6(8(9)14)16(12,13)11(2)3-7-4-15-5-10-7/h4-6H,3H2,1-2H3,(H2,9,14). The Balaban J connectivity index is 2.81. The van der Waals surface area contributed by atoms with Gasteiger partial charge in [-0.3, -0.25) is 0 Å². The fourth-order valence-corrected chi connectivity index (χ4v) is 3.11. The summed E-state index contributed by atoms with van der Waals surface area (Å²) >= 11 is 6.12. The van der Waals surface area contributed by atoms with Crippen molar-refractivity contribution in [2.45, 2.75) is 18.7 Å². The molecule has 2 N–H and O–H groups in total. The SMILES string of the molecule is CC(C(N)=S)S(=O)(=O)N(C)Cc1cscn1. The number of thiazole rings is 1. The summed E-state index contributed by atoms with van der Waals surface area (Å²) in [7, 11) is -1.99. The van der Waals surface area contributed by atoms with Crippen LogP contribution in [-0.2, 0) is 16.6 Å². The van der Waals surface area contributed by atoms with Crippen LogP contribution in [0.4, 0.5) is 0 Å². The number of rotatable bonds is 5. The van der Waals surface area contributed by atoms with E-state index in [1.807, 2.05) is 0 Å². The molecule has 8 heteroatoms. The van der Waals surface area contributed by atoms with Crippen LogP contribution in [0.15, 0.2) is 10.9 Å². The minimum absolute atomic E-state index is 0.0230. The summed E-state index contributed by atoms with van der Waals surface area (Å²) in [5.74, 6) is 0. The predicted molar refractivity (Wildman–Crippen MR) is 68.7 cm³/mol. The van der Waals surface area contributed by atoms with E-state index < -0.39 is 15.3 Å². The summed E-state index contributed by atoms with van der Waals surface area (Å²) in [4.78, 5) is 4.00. The fraction of sp³-hybridized carbons (Fsp3) is 0.500. The van der Waals surface area contributed by atoms with Crippen LogP contribution < -0.4 is 5.73 Å². The zero-order valence-corrected chi connectivity index (χ0v) is 11.4. The van der Waals surface area contributed by atoms with Gasteiger partial charge in [0.1, 0.15) is 5.25 Å². The first-order valence-corrected chi connectivity index (χ1v) is 7.32. The molecular weight excluding hydrogens is 266 g/mol. The Kier molecular flexibility index (Phi) is 4.36. The van der Waals surface area contributed by atoms with Gasteiger partial charge in [0.2, 0.25) is 10.0 Å². The van der Waals surface area contributed by atoms with Crippen molar-refractivity contribution in [3.8, 4) is 0 Å². The first-order chi connectivity index (χ1) is 7.35. The molecule has 0 aromatic carbocycles. The Morgan fingerprint density at radius 3 is 2.81 bits per heavy atom. The molecular formula is C8H13N3O2S3. The lowest BCUT2D eigenvalue weighted by molar-refractivity contribution is 0.460. The molecule has 0 bridgehead atoms. The van der Waals surface area contributed by atoms with E-state index in [-0.39, 0.29) is 11.5 Å². The third-order valence-electron chi connectivity index (χ3n) is 2.15. The largest absolute Gasteiger partial charge is 0.392 e. The van der Waals surface area contributed by atoms with Crippen LogP contribution in [0.2, 0.25) is 0 Å². The van der Waals surface area contributed by atoms with Crippen LogP contribution in [0.1, 0.15) is 12.6 Å². The fourth-order valence-electron chi connectivity index (χ4n) is 1.05. The molecule has 16 heavy (non-hydrogen) atoms. The average molecular weight is 279 g/mol. The second-order valence-corrected chi connectivity index (χ2v) is 6.88. The number of hydrogen-bond donors (Lipinski definition) is 1. The van der Waals surface area contributed by atoms with E-state index in [1.165, 1.54) is 29.6 Å². The molecule has 0 aliphatic carbocycles. The van der Waals surface area contributed by atoms with Crippen molar-refractivity contribution in [3.63, 3.8) is 0 Å². The van der Waals surface area contributed by atoms with Gasteiger partial charge in [0.15, 0.2) is 0 Å². The molecule has 0 radical (unpaired) electrons. The maximum Gasteiger partial charge on any atom is 0.223 e. The Bertz CT molecular complexity index is 455. The number of nitrogens with zero attached hydrogens (tertiary/aromatic N) is 2. The lowest BCUT2D eigenvalue weighted by atomic mass is 10.5. The summed E-state index contributed by atoms with van der Waals surface area (Å²) in [5, 5.41) is 0.948. The van der Waals surface area contributed by atoms with Crippen molar-refractivity contribution < 1.29 is 8.42 Å². The molecule has 0 saturated heterocycles. The topological polar surface area (TPSA) is 76.3 Å². The van der Waals surface area contributed by atoms with E-state index in [0.717, 1.165) is 0 Å². The van der Waals surface area contributed by atoms with Gasteiger partial charge in [0.25, 0.3) is 0 Å². The smallest absolute Gasteiger partial charge is 0.223 e. The molecule has 0 aliphatic rings. The summed E-state index contributed by atoms with van der Waals surface area (Å²) in [5.41, 5.74) is 7.72. The van der Waals surface area contributed by atoms with E-state index in [0.29, 0.717) is 5.69 Å². The van der Waals surface area contributed by atoms with Gasteiger partial charge in [-0.2, -0.15) is 4.31 Å². The van der Waals surface area contributed by atoms with E-state index >= 15 is 0 Å². The van der Waals surface area contributed by atoms with Crippen molar-refractivity contribution in [3.05, 3.63) is 16.6 Å². The van der Waals surface area contributed by atoms with Crippen molar-refractivity contribution in [1.82, 2.24) is 9.29 Å². The van der Waals surface area contributed by atoms with E-state index in [4.69, 9.17) is 18.0 Å². The molecule has 0 aliphatic heterocycles. The third kappa shape index (κ3) is 2.97. The summed E-state index contributed by atoms with van der Waals surface area (Å²) in [6.07, 6.45) is 0. The molecule has 1 rings (SSSR count). The van der Waals surface area contributed by atoms with Crippen LogP contribution >= 0.6 is 23.6 Å². The number of nitrogens with two attached hydrogens (primary N) is 1. The Labute approximate surface area is 104 Å². The van der Waals surface area contributed by atoms with Crippen LogP contribution in [0.5, 0.6) is 0 Å². The highest BCUT2D eigenvalue weighted by Crippen LogP contribution is 2.12. The predicted octanol–water partition coefficient (Wildman–Crippen LogP) is 0.579. The molecule has 1 aromatic rings. The molecule has 0 fully saturated rings. The number of sulfonamides is 1.